The van der Waals surface area contributed by atoms with E-state index in [4.69, 9.17) is 23.2 Å². The second-order valence-electron chi connectivity index (χ2n) is 7.03. The number of rotatable bonds is 11. The van der Waals surface area contributed by atoms with Crippen molar-refractivity contribution in [3.63, 3.8) is 0 Å². The van der Waals surface area contributed by atoms with Crippen LogP contribution in [-0.4, -0.2) is 35.1 Å². The fourth-order valence-electron chi connectivity index (χ4n) is 2.88. The summed E-state index contributed by atoms with van der Waals surface area (Å²) in [6.45, 7) is 4.65. The summed E-state index contributed by atoms with van der Waals surface area (Å²) in [6.07, 6.45) is 1.21. The normalized spacial score (nSPS) is 11.7. The lowest BCUT2D eigenvalue weighted by atomic mass is 10.1. The number of halogens is 2. The Morgan fingerprint density at radius 3 is 2.47 bits per heavy atom. The molecule has 0 aliphatic rings. The Kier molecular flexibility index (Phi) is 10.6. The van der Waals surface area contributed by atoms with Crippen LogP contribution in [0.15, 0.2) is 48.5 Å². The summed E-state index contributed by atoms with van der Waals surface area (Å²) >= 11 is 13.8. The van der Waals surface area contributed by atoms with Gasteiger partial charge in [0.15, 0.2) is 0 Å². The number of carbonyl (C=O) groups is 2. The molecule has 0 aromatic heterocycles. The molecule has 2 aromatic carbocycles. The van der Waals surface area contributed by atoms with Gasteiger partial charge in [-0.05, 0) is 36.6 Å². The highest BCUT2D eigenvalue weighted by atomic mass is 35.5. The van der Waals surface area contributed by atoms with Crippen LogP contribution in [-0.2, 0) is 21.9 Å². The molecule has 0 aliphatic heterocycles. The van der Waals surface area contributed by atoms with E-state index in [0.717, 1.165) is 17.7 Å². The topological polar surface area (TPSA) is 49.4 Å². The van der Waals surface area contributed by atoms with Crippen LogP contribution in [0.5, 0.6) is 0 Å². The van der Waals surface area contributed by atoms with Crippen LogP contribution in [0.2, 0.25) is 10.0 Å². The Morgan fingerprint density at radius 2 is 1.80 bits per heavy atom. The average molecular weight is 467 g/mol. The van der Waals surface area contributed by atoms with Gasteiger partial charge in [0.25, 0.3) is 0 Å². The number of benzene rings is 2. The molecule has 0 saturated carbocycles. The number of amides is 2. The van der Waals surface area contributed by atoms with Crippen LogP contribution in [0.25, 0.3) is 0 Å². The summed E-state index contributed by atoms with van der Waals surface area (Å²) in [5.74, 6) is 1.34. The number of carbonyl (C=O) groups excluding carboxylic acids is 2. The molecule has 30 heavy (non-hydrogen) atoms. The van der Waals surface area contributed by atoms with Crippen LogP contribution >= 0.6 is 35.0 Å². The average Bonchev–Trinajstić information content (AvgIpc) is 2.75. The molecule has 0 unspecified atom stereocenters. The molecule has 0 aliphatic carbocycles. The lowest BCUT2D eigenvalue weighted by Crippen LogP contribution is -2.47. The predicted molar refractivity (Wildman–Crippen MR) is 127 cm³/mol. The Bertz CT molecular complexity index is 833. The van der Waals surface area contributed by atoms with Gasteiger partial charge < -0.3 is 10.2 Å². The third kappa shape index (κ3) is 7.86. The summed E-state index contributed by atoms with van der Waals surface area (Å²) in [4.78, 5) is 27.1. The first kappa shape index (κ1) is 24.6. The lowest BCUT2D eigenvalue weighted by molar-refractivity contribution is -0.140. The van der Waals surface area contributed by atoms with Gasteiger partial charge in [0.1, 0.15) is 6.04 Å². The molecule has 162 valence electrons. The van der Waals surface area contributed by atoms with E-state index in [2.05, 4.69) is 17.4 Å². The van der Waals surface area contributed by atoms with Crippen LogP contribution in [0.1, 0.15) is 37.8 Å². The third-order valence-electron chi connectivity index (χ3n) is 4.63. The van der Waals surface area contributed by atoms with Crippen molar-refractivity contribution in [3.8, 4) is 0 Å². The van der Waals surface area contributed by atoms with Gasteiger partial charge in [-0.3, -0.25) is 9.59 Å². The minimum Gasteiger partial charge on any atom is -0.354 e. The Hall–Kier alpha value is -1.69. The smallest absolute Gasteiger partial charge is 0.242 e. The quantitative estimate of drug-likeness (QED) is 0.440. The zero-order valence-electron chi connectivity index (χ0n) is 17.4. The van der Waals surface area contributed by atoms with Gasteiger partial charge in [-0.25, -0.2) is 0 Å². The van der Waals surface area contributed by atoms with Crippen molar-refractivity contribution in [3.05, 3.63) is 69.7 Å². The molecule has 0 saturated heterocycles. The van der Waals surface area contributed by atoms with E-state index in [1.807, 2.05) is 31.2 Å². The summed E-state index contributed by atoms with van der Waals surface area (Å²) in [5.41, 5.74) is 2.07. The molecule has 4 nitrogen and oxygen atoms in total. The highest BCUT2D eigenvalue weighted by Crippen LogP contribution is 2.24. The Morgan fingerprint density at radius 1 is 1.07 bits per heavy atom. The number of thioether (sulfide) groups is 1. The van der Waals surface area contributed by atoms with E-state index in [1.165, 1.54) is 5.56 Å². The summed E-state index contributed by atoms with van der Waals surface area (Å²) < 4.78 is 0. The maximum absolute atomic E-state index is 13.0. The van der Waals surface area contributed by atoms with Gasteiger partial charge >= 0.3 is 0 Å². The zero-order chi connectivity index (χ0) is 21.9. The molecular weight excluding hydrogens is 439 g/mol. The third-order valence-corrected chi connectivity index (χ3v) is 6.39. The second-order valence-corrected chi connectivity index (χ2v) is 8.94. The van der Waals surface area contributed by atoms with Crippen LogP contribution in [0.3, 0.4) is 0 Å². The van der Waals surface area contributed by atoms with Crippen molar-refractivity contribution in [1.82, 2.24) is 10.2 Å². The number of hydrogen-bond acceptors (Lipinski definition) is 3. The van der Waals surface area contributed by atoms with E-state index in [-0.39, 0.29) is 11.8 Å². The summed E-state index contributed by atoms with van der Waals surface area (Å²) in [5, 5.41) is 3.77. The highest BCUT2D eigenvalue weighted by molar-refractivity contribution is 7.98. The molecule has 2 amide bonds. The van der Waals surface area contributed by atoms with Crippen molar-refractivity contribution in [2.24, 2.45) is 0 Å². The molecule has 1 N–H and O–H groups in total. The minimum atomic E-state index is -0.572. The number of nitrogens with zero attached hydrogens (tertiary/aromatic N) is 1. The standard InChI is InChI=1S/C23H28Cl2N2O2S/c1-3-12-26-23(29)17(2)27(15-19-9-10-20(24)21(25)14-19)22(28)11-13-30-16-18-7-5-4-6-8-18/h4-10,14,17H,3,11-13,15-16H2,1-2H3,(H,26,29)/t17-/m1/s1. The number of hydrogen-bond donors (Lipinski definition) is 1. The second kappa shape index (κ2) is 12.9. The van der Waals surface area contributed by atoms with Gasteiger partial charge in [0, 0.05) is 31.0 Å². The minimum absolute atomic E-state index is 0.0548. The molecule has 7 heteroatoms. The molecule has 0 heterocycles. The highest BCUT2D eigenvalue weighted by Gasteiger charge is 2.25. The Balaban J connectivity index is 2.01. The van der Waals surface area contributed by atoms with Crippen LogP contribution in [0.4, 0.5) is 0 Å². The van der Waals surface area contributed by atoms with Gasteiger partial charge in [-0.1, -0.05) is 66.5 Å². The van der Waals surface area contributed by atoms with Crippen molar-refractivity contribution >= 4 is 46.8 Å². The molecule has 0 fully saturated rings. The first-order chi connectivity index (χ1) is 14.4. The summed E-state index contributed by atoms with van der Waals surface area (Å²) in [6, 6.07) is 14.9. The molecule has 1 atom stereocenters. The van der Waals surface area contributed by atoms with Crippen LogP contribution in [0, 0.1) is 0 Å². The van der Waals surface area contributed by atoms with Gasteiger partial charge in [0.2, 0.25) is 11.8 Å². The molecule has 0 radical (unpaired) electrons. The maximum Gasteiger partial charge on any atom is 0.242 e. The molecule has 2 rings (SSSR count). The largest absolute Gasteiger partial charge is 0.354 e. The number of nitrogens with one attached hydrogen (secondary N) is 1. The molecular formula is C23H28Cl2N2O2S. The SMILES string of the molecule is CCCNC(=O)[C@@H](C)N(Cc1ccc(Cl)c(Cl)c1)C(=O)CCSCc1ccccc1. The first-order valence-corrected chi connectivity index (χ1v) is 12.0. The molecule has 2 aromatic rings. The molecule has 0 spiro atoms. The van der Waals surface area contributed by atoms with Crippen molar-refractivity contribution in [2.75, 3.05) is 12.3 Å². The van der Waals surface area contributed by atoms with Gasteiger partial charge in [-0.15, -0.1) is 0 Å². The molecule has 0 bridgehead atoms. The fraction of sp³-hybridized carbons (Fsp3) is 0.391. The van der Waals surface area contributed by atoms with Crippen molar-refractivity contribution in [1.29, 1.82) is 0 Å². The monoisotopic (exact) mass is 466 g/mol. The lowest BCUT2D eigenvalue weighted by Gasteiger charge is -2.29. The van der Waals surface area contributed by atoms with E-state index in [1.54, 1.807) is 35.7 Å². The Labute approximate surface area is 193 Å². The van der Waals surface area contributed by atoms with E-state index in [9.17, 15) is 9.59 Å². The van der Waals surface area contributed by atoms with E-state index >= 15 is 0 Å². The van der Waals surface area contributed by atoms with Crippen LogP contribution < -0.4 is 5.32 Å². The van der Waals surface area contributed by atoms with Crippen molar-refractivity contribution in [2.45, 2.75) is 45.0 Å². The van der Waals surface area contributed by atoms with E-state index < -0.39 is 6.04 Å². The van der Waals surface area contributed by atoms with Gasteiger partial charge in [-0.2, -0.15) is 11.8 Å². The zero-order valence-corrected chi connectivity index (χ0v) is 19.7. The first-order valence-electron chi connectivity index (χ1n) is 10.0. The summed E-state index contributed by atoms with van der Waals surface area (Å²) in [7, 11) is 0. The van der Waals surface area contributed by atoms with Crippen molar-refractivity contribution < 1.29 is 9.59 Å². The van der Waals surface area contributed by atoms with E-state index in [0.29, 0.717) is 35.3 Å². The predicted octanol–water partition coefficient (Wildman–Crippen LogP) is 5.56. The van der Waals surface area contributed by atoms with Gasteiger partial charge in [0.05, 0.1) is 10.0 Å². The maximum atomic E-state index is 13.0. The fourth-order valence-corrected chi connectivity index (χ4v) is 4.09.